The molecular formula is C15H23F3N2. The fourth-order valence-electron chi connectivity index (χ4n) is 2.16. The van der Waals surface area contributed by atoms with Gasteiger partial charge in [-0.2, -0.15) is 13.2 Å². The summed E-state index contributed by atoms with van der Waals surface area (Å²) >= 11 is 0. The molecule has 5 heteroatoms. The van der Waals surface area contributed by atoms with Crippen molar-refractivity contribution >= 4 is 0 Å². The fraction of sp³-hybridized carbons (Fsp3) is 0.600. The highest BCUT2D eigenvalue weighted by Crippen LogP contribution is 2.32. The molecule has 0 heterocycles. The van der Waals surface area contributed by atoms with Crippen molar-refractivity contribution in [1.29, 1.82) is 0 Å². The molecular weight excluding hydrogens is 265 g/mol. The average Bonchev–Trinajstić information content (AvgIpc) is 2.42. The van der Waals surface area contributed by atoms with Gasteiger partial charge in [0, 0.05) is 0 Å². The minimum absolute atomic E-state index is 0.267. The molecule has 0 spiro atoms. The van der Waals surface area contributed by atoms with Gasteiger partial charge in [-0.25, -0.2) is 0 Å². The first-order valence-corrected chi connectivity index (χ1v) is 7.06. The Morgan fingerprint density at radius 1 is 1.10 bits per heavy atom. The van der Waals surface area contributed by atoms with Crippen LogP contribution in [0.1, 0.15) is 31.9 Å². The van der Waals surface area contributed by atoms with E-state index in [0.717, 1.165) is 19.6 Å². The molecule has 0 saturated heterocycles. The molecule has 0 saturated carbocycles. The Balaban J connectivity index is 2.51. The summed E-state index contributed by atoms with van der Waals surface area (Å²) in [5, 5.41) is 2.63. The summed E-state index contributed by atoms with van der Waals surface area (Å²) in [4.78, 5) is 2.20. The van der Waals surface area contributed by atoms with Crippen molar-refractivity contribution in [2.75, 3.05) is 26.2 Å². The van der Waals surface area contributed by atoms with E-state index in [4.69, 9.17) is 0 Å². The second-order valence-electron chi connectivity index (χ2n) is 4.72. The third kappa shape index (κ3) is 5.51. The molecule has 0 bridgehead atoms. The minimum atomic E-state index is -4.27. The highest BCUT2D eigenvalue weighted by molar-refractivity contribution is 5.20. The molecule has 0 fully saturated rings. The topological polar surface area (TPSA) is 15.3 Å². The van der Waals surface area contributed by atoms with Crippen molar-refractivity contribution < 1.29 is 13.2 Å². The maximum absolute atomic E-state index is 13.1. The lowest BCUT2D eigenvalue weighted by molar-refractivity contribution is -0.157. The Morgan fingerprint density at radius 3 is 2.20 bits per heavy atom. The molecule has 1 N–H and O–H groups in total. The van der Waals surface area contributed by atoms with Crippen molar-refractivity contribution in [3.05, 3.63) is 35.9 Å². The predicted octanol–water partition coefficient (Wildman–Crippen LogP) is 3.61. The van der Waals surface area contributed by atoms with Crippen LogP contribution in [0.15, 0.2) is 30.3 Å². The van der Waals surface area contributed by atoms with Crippen molar-refractivity contribution in [3.63, 3.8) is 0 Å². The van der Waals surface area contributed by atoms with E-state index in [1.165, 1.54) is 12.1 Å². The Morgan fingerprint density at radius 2 is 1.70 bits per heavy atom. The number of hydrogen-bond acceptors (Lipinski definition) is 2. The SMILES string of the molecule is CCN(CC)CCCNC(c1ccccc1)C(F)(F)F. The van der Waals surface area contributed by atoms with Gasteiger partial charge < -0.3 is 10.2 Å². The first-order valence-electron chi connectivity index (χ1n) is 7.06. The first-order chi connectivity index (χ1) is 9.49. The van der Waals surface area contributed by atoms with Gasteiger partial charge in [0.25, 0.3) is 0 Å². The van der Waals surface area contributed by atoms with E-state index in [9.17, 15) is 13.2 Å². The molecule has 0 aromatic heterocycles. The van der Waals surface area contributed by atoms with Crippen LogP contribution < -0.4 is 5.32 Å². The summed E-state index contributed by atoms with van der Waals surface area (Å²) in [7, 11) is 0. The molecule has 0 aliphatic carbocycles. The summed E-state index contributed by atoms with van der Waals surface area (Å²) in [5.41, 5.74) is 0.267. The summed E-state index contributed by atoms with van der Waals surface area (Å²) in [6, 6.07) is 6.42. The molecule has 0 aliphatic rings. The van der Waals surface area contributed by atoms with Crippen LogP contribution in [0.25, 0.3) is 0 Å². The smallest absolute Gasteiger partial charge is 0.304 e. The maximum Gasteiger partial charge on any atom is 0.407 e. The lowest BCUT2D eigenvalue weighted by Crippen LogP contribution is -2.36. The van der Waals surface area contributed by atoms with Crippen LogP contribution in [0.4, 0.5) is 13.2 Å². The first kappa shape index (κ1) is 17.0. The Hall–Kier alpha value is -1.07. The lowest BCUT2D eigenvalue weighted by Gasteiger charge is -2.23. The van der Waals surface area contributed by atoms with Gasteiger partial charge in [-0.1, -0.05) is 44.2 Å². The fourth-order valence-corrected chi connectivity index (χ4v) is 2.16. The molecule has 1 atom stereocenters. The van der Waals surface area contributed by atoms with E-state index in [1.807, 2.05) is 0 Å². The summed E-state index contributed by atoms with van der Waals surface area (Å²) in [6.45, 7) is 7.14. The zero-order valence-corrected chi connectivity index (χ0v) is 12.1. The van der Waals surface area contributed by atoms with E-state index in [-0.39, 0.29) is 5.56 Å². The molecule has 1 unspecified atom stereocenters. The summed E-state index contributed by atoms with van der Waals surface area (Å²) < 4.78 is 39.2. The third-order valence-corrected chi connectivity index (χ3v) is 3.35. The van der Waals surface area contributed by atoms with Gasteiger partial charge in [0.15, 0.2) is 0 Å². The number of alkyl halides is 3. The highest BCUT2D eigenvalue weighted by Gasteiger charge is 2.40. The standard InChI is InChI=1S/C15H23F3N2/c1-3-20(4-2)12-8-11-19-14(15(16,17)18)13-9-6-5-7-10-13/h5-7,9-10,14,19H,3-4,8,11-12H2,1-2H3. The van der Waals surface area contributed by atoms with E-state index in [1.54, 1.807) is 18.2 Å². The molecule has 1 aromatic rings. The van der Waals surface area contributed by atoms with Gasteiger partial charge in [-0.05, 0) is 38.2 Å². The maximum atomic E-state index is 13.1. The Bertz CT molecular complexity index is 361. The third-order valence-electron chi connectivity index (χ3n) is 3.35. The molecule has 1 aromatic carbocycles. The van der Waals surface area contributed by atoms with Crippen LogP contribution in [0.3, 0.4) is 0 Å². The van der Waals surface area contributed by atoms with E-state index in [0.29, 0.717) is 13.0 Å². The monoisotopic (exact) mass is 288 g/mol. The van der Waals surface area contributed by atoms with Crippen LogP contribution in [0.2, 0.25) is 0 Å². The highest BCUT2D eigenvalue weighted by atomic mass is 19.4. The van der Waals surface area contributed by atoms with Gasteiger partial charge in [-0.15, -0.1) is 0 Å². The number of nitrogens with one attached hydrogen (secondary N) is 1. The summed E-state index contributed by atoms with van der Waals surface area (Å²) in [6.07, 6.45) is -3.56. The summed E-state index contributed by atoms with van der Waals surface area (Å²) in [5.74, 6) is 0. The van der Waals surface area contributed by atoms with Gasteiger partial charge in [0.2, 0.25) is 0 Å². The van der Waals surface area contributed by atoms with Crippen LogP contribution in [0.5, 0.6) is 0 Å². The van der Waals surface area contributed by atoms with Crippen LogP contribution in [-0.2, 0) is 0 Å². The van der Waals surface area contributed by atoms with Crippen molar-refractivity contribution in [1.82, 2.24) is 10.2 Å². The zero-order valence-electron chi connectivity index (χ0n) is 12.1. The normalized spacial score (nSPS) is 13.7. The molecule has 0 aliphatic heterocycles. The number of rotatable bonds is 8. The van der Waals surface area contributed by atoms with Gasteiger partial charge in [-0.3, -0.25) is 0 Å². The largest absolute Gasteiger partial charge is 0.407 e. The lowest BCUT2D eigenvalue weighted by atomic mass is 10.1. The van der Waals surface area contributed by atoms with Gasteiger partial charge in [0.1, 0.15) is 6.04 Å². The molecule has 20 heavy (non-hydrogen) atoms. The number of hydrogen-bond donors (Lipinski definition) is 1. The van der Waals surface area contributed by atoms with Crippen molar-refractivity contribution in [2.24, 2.45) is 0 Å². The predicted molar refractivity (Wildman–Crippen MR) is 75.6 cm³/mol. The van der Waals surface area contributed by atoms with E-state index >= 15 is 0 Å². The Labute approximate surface area is 119 Å². The van der Waals surface area contributed by atoms with Crippen LogP contribution in [-0.4, -0.2) is 37.3 Å². The van der Waals surface area contributed by atoms with Crippen LogP contribution >= 0.6 is 0 Å². The molecule has 0 radical (unpaired) electrons. The van der Waals surface area contributed by atoms with Gasteiger partial charge >= 0.3 is 6.18 Å². The molecule has 114 valence electrons. The van der Waals surface area contributed by atoms with Crippen molar-refractivity contribution in [3.8, 4) is 0 Å². The molecule has 0 amide bonds. The number of benzene rings is 1. The second-order valence-corrected chi connectivity index (χ2v) is 4.72. The second kappa shape index (κ2) is 8.27. The molecule has 2 nitrogen and oxygen atoms in total. The van der Waals surface area contributed by atoms with Gasteiger partial charge in [0.05, 0.1) is 0 Å². The quantitative estimate of drug-likeness (QED) is 0.735. The average molecular weight is 288 g/mol. The minimum Gasteiger partial charge on any atom is -0.304 e. The number of halogens is 3. The number of nitrogens with zero attached hydrogens (tertiary/aromatic N) is 1. The molecule has 1 rings (SSSR count). The van der Waals surface area contributed by atoms with E-state index < -0.39 is 12.2 Å². The van der Waals surface area contributed by atoms with Crippen LogP contribution in [0, 0.1) is 0 Å². The van der Waals surface area contributed by atoms with E-state index in [2.05, 4.69) is 24.1 Å². The Kier molecular flexibility index (Phi) is 7.02. The zero-order chi connectivity index (χ0) is 15.0. The van der Waals surface area contributed by atoms with Crippen molar-refractivity contribution in [2.45, 2.75) is 32.5 Å².